The first-order valence-corrected chi connectivity index (χ1v) is 9.84. The Balaban J connectivity index is 2.28. The van der Waals surface area contributed by atoms with Crippen molar-refractivity contribution in [2.45, 2.75) is 43.8 Å². The Morgan fingerprint density at radius 2 is 1.88 bits per heavy atom. The first-order valence-electron chi connectivity index (χ1n) is 8.85. The zero-order chi connectivity index (χ0) is 18.7. The first-order chi connectivity index (χ1) is 12.4. The maximum absolute atomic E-state index is 13.4. The van der Waals surface area contributed by atoms with E-state index in [1.807, 2.05) is 17.9 Å². The molecule has 2 aromatic rings. The lowest BCUT2D eigenvalue weighted by Crippen LogP contribution is -2.33. The van der Waals surface area contributed by atoms with Crippen LogP contribution in [0, 0.1) is 0 Å². The Labute approximate surface area is 155 Å². The number of halogens is 3. The average molecular weight is 382 g/mol. The van der Waals surface area contributed by atoms with Crippen LogP contribution in [-0.2, 0) is 0 Å². The third-order valence-electron chi connectivity index (χ3n) is 4.43. The summed E-state index contributed by atoms with van der Waals surface area (Å²) in [4.78, 5) is 18.7. The third kappa shape index (κ3) is 3.82. The SMILES string of the molecule is CCCSc1nc2ccccc2c(N2CCCCC2)c1C(=O)C(F)(F)F. The summed E-state index contributed by atoms with van der Waals surface area (Å²) in [5.74, 6) is -1.18. The number of hydrogen-bond acceptors (Lipinski definition) is 4. The maximum atomic E-state index is 13.4. The van der Waals surface area contributed by atoms with Crippen molar-refractivity contribution in [1.29, 1.82) is 0 Å². The number of pyridine rings is 1. The van der Waals surface area contributed by atoms with Crippen molar-refractivity contribution in [2.75, 3.05) is 23.7 Å². The minimum absolute atomic E-state index is 0.188. The third-order valence-corrected chi connectivity index (χ3v) is 5.61. The standard InChI is InChI=1S/C19H21F3N2OS/c1-2-12-26-18-15(17(25)19(20,21)22)16(24-10-6-3-7-11-24)13-8-4-5-9-14(13)23-18/h4-5,8-9H,2-3,6-7,10-12H2,1H3. The molecule has 2 heterocycles. The molecule has 1 saturated heterocycles. The van der Waals surface area contributed by atoms with Crippen molar-refractivity contribution in [3.8, 4) is 0 Å². The van der Waals surface area contributed by atoms with E-state index < -0.39 is 12.0 Å². The van der Waals surface area contributed by atoms with Gasteiger partial charge in [0.05, 0.1) is 16.8 Å². The number of thioether (sulfide) groups is 1. The van der Waals surface area contributed by atoms with E-state index in [-0.39, 0.29) is 10.6 Å². The number of aromatic nitrogens is 1. The molecular weight excluding hydrogens is 361 g/mol. The number of para-hydroxylation sites is 1. The number of anilines is 1. The van der Waals surface area contributed by atoms with Crippen LogP contribution >= 0.6 is 11.8 Å². The van der Waals surface area contributed by atoms with E-state index in [9.17, 15) is 18.0 Å². The summed E-state index contributed by atoms with van der Waals surface area (Å²) in [6.45, 7) is 3.26. The molecule has 0 saturated carbocycles. The second-order valence-electron chi connectivity index (χ2n) is 6.38. The highest BCUT2D eigenvalue weighted by molar-refractivity contribution is 7.99. The summed E-state index contributed by atoms with van der Waals surface area (Å²) in [6.07, 6.45) is -1.25. The van der Waals surface area contributed by atoms with Crippen LogP contribution in [0.2, 0.25) is 0 Å². The number of ketones is 1. The zero-order valence-corrected chi connectivity index (χ0v) is 15.4. The summed E-state index contributed by atoms with van der Waals surface area (Å²) < 4.78 is 40.1. The van der Waals surface area contributed by atoms with Gasteiger partial charge in [-0.25, -0.2) is 4.98 Å². The number of nitrogens with zero attached hydrogens (tertiary/aromatic N) is 2. The molecule has 0 radical (unpaired) electrons. The van der Waals surface area contributed by atoms with Gasteiger partial charge in [0.15, 0.2) is 0 Å². The zero-order valence-electron chi connectivity index (χ0n) is 14.6. The smallest absolute Gasteiger partial charge is 0.370 e. The van der Waals surface area contributed by atoms with Crippen LogP contribution in [0.25, 0.3) is 10.9 Å². The van der Waals surface area contributed by atoms with Gasteiger partial charge in [-0.05, 0) is 37.5 Å². The van der Waals surface area contributed by atoms with Gasteiger partial charge in [0.25, 0.3) is 5.78 Å². The molecule has 1 aromatic carbocycles. The van der Waals surface area contributed by atoms with E-state index in [1.54, 1.807) is 18.2 Å². The van der Waals surface area contributed by atoms with Gasteiger partial charge in [0.1, 0.15) is 5.03 Å². The van der Waals surface area contributed by atoms with Gasteiger partial charge < -0.3 is 4.90 Å². The van der Waals surface area contributed by atoms with Crippen LogP contribution in [0.3, 0.4) is 0 Å². The fourth-order valence-corrected chi connectivity index (χ4v) is 4.16. The van der Waals surface area contributed by atoms with Gasteiger partial charge >= 0.3 is 6.18 Å². The molecule has 0 spiro atoms. The molecule has 0 N–H and O–H groups in total. The molecule has 3 nitrogen and oxygen atoms in total. The first kappa shape index (κ1) is 19.0. The molecule has 0 aliphatic carbocycles. The van der Waals surface area contributed by atoms with Gasteiger partial charge in [0, 0.05) is 18.5 Å². The molecule has 140 valence electrons. The van der Waals surface area contributed by atoms with Gasteiger partial charge in [-0.3, -0.25) is 4.79 Å². The molecule has 3 rings (SSSR count). The number of carbonyl (C=O) groups is 1. The highest BCUT2D eigenvalue weighted by atomic mass is 32.2. The molecule has 0 unspecified atom stereocenters. The van der Waals surface area contributed by atoms with Gasteiger partial charge in [0.2, 0.25) is 0 Å². The molecule has 0 bridgehead atoms. The highest BCUT2D eigenvalue weighted by Crippen LogP contribution is 2.40. The number of benzene rings is 1. The molecule has 1 aliphatic heterocycles. The van der Waals surface area contributed by atoms with E-state index in [4.69, 9.17) is 0 Å². The van der Waals surface area contributed by atoms with Crippen molar-refractivity contribution < 1.29 is 18.0 Å². The number of rotatable bonds is 5. The van der Waals surface area contributed by atoms with Crippen LogP contribution < -0.4 is 4.90 Å². The predicted octanol–water partition coefficient (Wildman–Crippen LogP) is 5.47. The van der Waals surface area contributed by atoms with Gasteiger partial charge in [-0.2, -0.15) is 13.2 Å². The van der Waals surface area contributed by atoms with Crippen molar-refractivity contribution in [3.63, 3.8) is 0 Å². The van der Waals surface area contributed by atoms with Crippen molar-refractivity contribution in [3.05, 3.63) is 29.8 Å². The Bertz CT molecular complexity index is 801. The minimum atomic E-state index is -4.92. The number of alkyl halides is 3. The van der Waals surface area contributed by atoms with Crippen molar-refractivity contribution in [1.82, 2.24) is 4.98 Å². The summed E-state index contributed by atoms with van der Waals surface area (Å²) in [5, 5.41) is 0.802. The van der Waals surface area contributed by atoms with E-state index in [0.29, 0.717) is 35.4 Å². The minimum Gasteiger partial charge on any atom is -0.370 e. The number of Topliss-reactive ketones (excluding diaryl/α,β-unsaturated/α-hetero) is 1. The fourth-order valence-electron chi connectivity index (χ4n) is 3.27. The van der Waals surface area contributed by atoms with E-state index in [2.05, 4.69) is 4.98 Å². The Kier molecular flexibility index (Phi) is 5.75. The van der Waals surface area contributed by atoms with E-state index in [1.165, 1.54) is 11.8 Å². The molecular formula is C19H21F3N2OS. The Morgan fingerprint density at radius 1 is 1.19 bits per heavy atom. The van der Waals surface area contributed by atoms with Crippen LogP contribution in [-0.4, -0.2) is 35.8 Å². The van der Waals surface area contributed by atoms with E-state index >= 15 is 0 Å². The number of fused-ring (bicyclic) bond motifs is 1. The topological polar surface area (TPSA) is 33.2 Å². The lowest BCUT2D eigenvalue weighted by Gasteiger charge is -2.32. The molecule has 0 atom stereocenters. The normalized spacial score (nSPS) is 15.5. The van der Waals surface area contributed by atoms with E-state index in [0.717, 1.165) is 25.7 Å². The molecule has 1 aromatic heterocycles. The van der Waals surface area contributed by atoms with Crippen molar-refractivity contribution in [2.24, 2.45) is 0 Å². The van der Waals surface area contributed by atoms with Gasteiger partial charge in [-0.15, -0.1) is 11.8 Å². The molecule has 26 heavy (non-hydrogen) atoms. The summed E-state index contributed by atoms with van der Waals surface area (Å²) in [6, 6.07) is 7.14. The molecule has 1 fully saturated rings. The lowest BCUT2D eigenvalue weighted by molar-refractivity contribution is -0.0887. The van der Waals surface area contributed by atoms with Crippen LogP contribution in [0.4, 0.5) is 18.9 Å². The monoisotopic (exact) mass is 382 g/mol. The number of piperidine rings is 1. The average Bonchev–Trinajstić information content (AvgIpc) is 2.64. The molecule has 1 aliphatic rings. The van der Waals surface area contributed by atoms with Crippen molar-refractivity contribution >= 4 is 34.1 Å². The molecule has 7 heteroatoms. The second-order valence-corrected chi connectivity index (χ2v) is 7.46. The lowest BCUT2D eigenvalue weighted by atomic mass is 10.0. The summed E-state index contributed by atoms with van der Waals surface area (Å²) in [7, 11) is 0. The maximum Gasteiger partial charge on any atom is 0.455 e. The van der Waals surface area contributed by atoms with Crippen LogP contribution in [0.15, 0.2) is 29.3 Å². The quantitative estimate of drug-likeness (QED) is 0.507. The predicted molar refractivity (Wildman–Crippen MR) is 99.2 cm³/mol. The van der Waals surface area contributed by atoms with Gasteiger partial charge in [-0.1, -0.05) is 25.1 Å². The Hall–Kier alpha value is -1.76. The highest BCUT2D eigenvalue weighted by Gasteiger charge is 2.43. The second kappa shape index (κ2) is 7.86. The van der Waals surface area contributed by atoms with Crippen LogP contribution in [0.5, 0.6) is 0 Å². The molecule has 0 amide bonds. The number of hydrogen-bond donors (Lipinski definition) is 0. The largest absolute Gasteiger partial charge is 0.455 e. The summed E-state index contributed by atoms with van der Waals surface area (Å²) in [5.41, 5.74) is 0.748. The fraction of sp³-hybridized carbons (Fsp3) is 0.474. The van der Waals surface area contributed by atoms with Crippen LogP contribution in [0.1, 0.15) is 43.0 Å². The Morgan fingerprint density at radius 3 is 2.54 bits per heavy atom. The number of carbonyl (C=O) groups excluding carboxylic acids is 1. The summed E-state index contributed by atoms with van der Waals surface area (Å²) >= 11 is 1.23.